The number of pyridine rings is 2. The Hall–Kier alpha value is -2.62. The minimum Gasteiger partial charge on any atom is -0.460 e. The molecule has 0 N–H and O–H groups in total. The van der Waals surface area contributed by atoms with Gasteiger partial charge in [0.15, 0.2) is 0 Å². The zero-order valence-electron chi connectivity index (χ0n) is 21.4. The molecule has 1 aliphatic carbocycles. The third kappa shape index (κ3) is 3.41. The molecule has 0 unspecified atom stereocenters. The summed E-state index contributed by atoms with van der Waals surface area (Å²) in [7, 11) is 0. The van der Waals surface area contributed by atoms with E-state index in [1.54, 1.807) is 0 Å². The Morgan fingerprint density at radius 1 is 1.00 bits per heavy atom. The molecule has 0 radical (unpaired) electrons. The second kappa shape index (κ2) is 6.94. The van der Waals surface area contributed by atoms with Crippen molar-refractivity contribution in [3.05, 3.63) is 65.7 Å². The van der Waals surface area contributed by atoms with Gasteiger partial charge in [-0.25, -0.2) is 4.98 Å². The van der Waals surface area contributed by atoms with Gasteiger partial charge in [-0.15, -0.1) is 0 Å². The molecular formula is C29H37N3O. The van der Waals surface area contributed by atoms with Gasteiger partial charge in [0.2, 0.25) is 0 Å². The predicted octanol–water partition coefficient (Wildman–Crippen LogP) is 7.47. The van der Waals surface area contributed by atoms with Crippen molar-refractivity contribution >= 4 is 16.5 Å². The van der Waals surface area contributed by atoms with E-state index in [2.05, 4.69) is 81.9 Å². The average molecular weight is 444 g/mol. The van der Waals surface area contributed by atoms with Gasteiger partial charge in [-0.2, -0.15) is 0 Å². The minimum absolute atomic E-state index is 0.0358. The average Bonchev–Trinajstić information content (AvgIpc) is 3.39. The fourth-order valence-corrected chi connectivity index (χ4v) is 6.40. The molecule has 174 valence electrons. The molecule has 0 bridgehead atoms. The van der Waals surface area contributed by atoms with Crippen molar-refractivity contribution in [2.45, 2.75) is 96.3 Å². The van der Waals surface area contributed by atoms with Crippen LogP contribution in [0.3, 0.4) is 0 Å². The minimum atomic E-state index is -0.0650. The van der Waals surface area contributed by atoms with Gasteiger partial charge < -0.3 is 8.82 Å². The lowest BCUT2D eigenvalue weighted by Crippen LogP contribution is -2.28. The highest BCUT2D eigenvalue weighted by Crippen LogP contribution is 2.53. The first-order valence-corrected chi connectivity index (χ1v) is 12.2. The molecule has 1 aliphatic rings. The molecule has 0 saturated carbocycles. The molecule has 0 aliphatic heterocycles. The Morgan fingerprint density at radius 2 is 1.76 bits per heavy atom. The molecule has 0 spiro atoms. The van der Waals surface area contributed by atoms with Crippen LogP contribution in [0.5, 0.6) is 0 Å². The number of aromatic nitrogens is 3. The molecule has 0 aromatic carbocycles. The molecule has 4 aromatic heterocycles. The van der Waals surface area contributed by atoms with Crippen molar-refractivity contribution in [2.24, 2.45) is 0 Å². The van der Waals surface area contributed by atoms with E-state index in [1.807, 2.05) is 31.0 Å². The summed E-state index contributed by atoms with van der Waals surface area (Å²) in [6.07, 6.45) is 11.1. The van der Waals surface area contributed by atoms with Crippen LogP contribution in [0.25, 0.3) is 16.5 Å². The highest BCUT2D eigenvalue weighted by atomic mass is 16.3. The maximum absolute atomic E-state index is 6.43. The highest BCUT2D eigenvalue weighted by Gasteiger charge is 2.47. The second-order valence-corrected chi connectivity index (χ2v) is 12.7. The van der Waals surface area contributed by atoms with Crippen LogP contribution in [0.4, 0.5) is 0 Å². The summed E-state index contributed by atoms with van der Waals surface area (Å²) in [6, 6.07) is 6.58. The number of hydrogen-bond donors (Lipinski definition) is 0. The van der Waals surface area contributed by atoms with Crippen LogP contribution in [0.1, 0.15) is 97.2 Å². The zero-order chi connectivity index (χ0) is 23.8. The lowest BCUT2D eigenvalue weighted by atomic mass is 9.69. The van der Waals surface area contributed by atoms with Crippen LogP contribution in [-0.2, 0) is 21.7 Å². The van der Waals surface area contributed by atoms with E-state index in [9.17, 15) is 0 Å². The Balaban J connectivity index is 1.55. The van der Waals surface area contributed by atoms with Crippen LogP contribution in [0.15, 0.2) is 47.5 Å². The Bertz CT molecular complexity index is 1350. The summed E-state index contributed by atoms with van der Waals surface area (Å²) in [4.78, 5) is 8.86. The van der Waals surface area contributed by atoms with E-state index in [4.69, 9.17) is 4.42 Å². The number of furan rings is 1. The number of hydrogen-bond acceptors (Lipinski definition) is 3. The molecule has 4 heteroatoms. The molecular weight excluding hydrogens is 406 g/mol. The molecule has 4 nitrogen and oxygen atoms in total. The number of nitrogens with zero attached hydrogens (tertiary/aromatic N) is 3. The third-order valence-corrected chi connectivity index (χ3v) is 7.86. The van der Waals surface area contributed by atoms with Crippen LogP contribution in [0, 0.1) is 0 Å². The maximum atomic E-state index is 6.43. The van der Waals surface area contributed by atoms with Gasteiger partial charge in [0.25, 0.3) is 0 Å². The summed E-state index contributed by atoms with van der Waals surface area (Å²) >= 11 is 0. The first-order chi connectivity index (χ1) is 15.3. The van der Waals surface area contributed by atoms with E-state index in [0.717, 1.165) is 36.0 Å². The third-order valence-electron chi connectivity index (χ3n) is 7.86. The summed E-state index contributed by atoms with van der Waals surface area (Å²) in [5, 5.41) is 1.16. The zero-order valence-corrected chi connectivity index (χ0v) is 21.4. The first-order valence-electron chi connectivity index (χ1n) is 12.2. The number of imidazole rings is 1. The van der Waals surface area contributed by atoms with E-state index in [0.29, 0.717) is 0 Å². The Kier molecular flexibility index (Phi) is 4.67. The fraction of sp³-hybridized carbons (Fsp3) is 0.517. The van der Waals surface area contributed by atoms with Crippen LogP contribution in [-0.4, -0.2) is 14.4 Å². The molecule has 0 fully saturated rings. The summed E-state index contributed by atoms with van der Waals surface area (Å²) in [5.41, 5.74) is 6.47. The molecule has 4 aromatic rings. The molecule has 0 amide bonds. The molecule has 1 atom stereocenters. The van der Waals surface area contributed by atoms with Crippen molar-refractivity contribution in [1.82, 2.24) is 14.4 Å². The van der Waals surface area contributed by atoms with Gasteiger partial charge >= 0.3 is 0 Å². The van der Waals surface area contributed by atoms with Gasteiger partial charge in [-0.1, -0.05) is 61.5 Å². The van der Waals surface area contributed by atoms with Gasteiger partial charge in [-0.3, -0.25) is 4.98 Å². The van der Waals surface area contributed by atoms with Crippen molar-refractivity contribution in [2.75, 3.05) is 0 Å². The van der Waals surface area contributed by atoms with Crippen LogP contribution in [0.2, 0.25) is 0 Å². The highest BCUT2D eigenvalue weighted by molar-refractivity contribution is 5.83. The quantitative estimate of drug-likeness (QED) is 0.328. The second-order valence-electron chi connectivity index (χ2n) is 12.7. The molecule has 5 rings (SSSR count). The predicted molar refractivity (Wildman–Crippen MR) is 135 cm³/mol. The summed E-state index contributed by atoms with van der Waals surface area (Å²) < 4.78 is 8.73. The van der Waals surface area contributed by atoms with Crippen molar-refractivity contribution in [1.29, 1.82) is 0 Å². The summed E-state index contributed by atoms with van der Waals surface area (Å²) in [5.74, 6) is 1.09. The maximum Gasteiger partial charge on any atom is 0.137 e. The Labute approximate surface area is 197 Å². The number of fused-ring (bicyclic) bond motifs is 4. The van der Waals surface area contributed by atoms with Gasteiger partial charge in [0.05, 0.1) is 18.0 Å². The monoisotopic (exact) mass is 443 g/mol. The van der Waals surface area contributed by atoms with E-state index < -0.39 is 0 Å². The smallest absolute Gasteiger partial charge is 0.137 e. The standard InChI is InChI=1S/C29H37N3O/c1-26(2,3)25-23(20-16-30-14-11-22(20)33-25)27(4,5)12-13-29(8)17-28(6,7)24-21(29)10-9-19-15-31-18-32(19)24/h9-11,14-16,18H,12-13,17H2,1-8H3/t29-/m1/s1. The fourth-order valence-electron chi connectivity index (χ4n) is 6.40. The Morgan fingerprint density at radius 3 is 2.48 bits per heavy atom. The van der Waals surface area contributed by atoms with E-state index in [1.165, 1.54) is 22.3 Å². The SMILES string of the molecule is CC(C)(C)c1oc2ccncc2c1C(C)(C)CC[C@]1(C)CC(C)(C)c2c1ccc1cncn21. The molecule has 0 saturated heterocycles. The first kappa shape index (κ1) is 22.2. The van der Waals surface area contributed by atoms with Crippen LogP contribution >= 0.6 is 0 Å². The lowest BCUT2D eigenvalue weighted by molar-refractivity contribution is 0.307. The topological polar surface area (TPSA) is 43.3 Å². The normalized spacial score (nSPS) is 20.6. The molecule has 4 heterocycles. The van der Waals surface area contributed by atoms with E-state index >= 15 is 0 Å². The summed E-state index contributed by atoms with van der Waals surface area (Å²) in [6.45, 7) is 18.7. The van der Waals surface area contributed by atoms with Gasteiger partial charge in [-0.05, 0) is 47.8 Å². The largest absolute Gasteiger partial charge is 0.460 e. The number of rotatable bonds is 4. The lowest BCUT2D eigenvalue weighted by Gasteiger charge is -2.34. The van der Waals surface area contributed by atoms with Gasteiger partial charge in [0.1, 0.15) is 11.3 Å². The molecule has 33 heavy (non-hydrogen) atoms. The van der Waals surface area contributed by atoms with Crippen molar-refractivity contribution in [3.63, 3.8) is 0 Å². The van der Waals surface area contributed by atoms with Gasteiger partial charge in [0, 0.05) is 39.9 Å². The van der Waals surface area contributed by atoms with E-state index in [-0.39, 0.29) is 21.7 Å². The van der Waals surface area contributed by atoms with Crippen molar-refractivity contribution in [3.8, 4) is 0 Å². The van der Waals surface area contributed by atoms with Crippen molar-refractivity contribution < 1.29 is 4.42 Å². The van der Waals surface area contributed by atoms with Crippen LogP contribution < -0.4 is 0 Å².